The van der Waals surface area contributed by atoms with Crippen molar-refractivity contribution in [1.29, 1.82) is 0 Å². The third-order valence-electron chi connectivity index (χ3n) is 3.65. The van der Waals surface area contributed by atoms with Gasteiger partial charge in [-0.3, -0.25) is 4.90 Å². The summed E-state index contributed by atoms with van der Waals surface area (Å²) < 4.78 is 2.03. The molecule has 0 bridgehead atoms. The average molecular weight is 271 g/mol. The van der Waals surface area contributed by atoms with E-state index in [0.29, 0.717) is 0 Å². The number of nitrogens with zero attached hydrogens (tertiary/aromatic N) is 4. The Bertz CT molecular complexity index is 349. The number of hydrogen-bond donors (Lipinski definition) is 0. The number of aryl methyl sites for hydroxylation is 1. The van der Waals surface area contributed by atoms with Crippen molar-refractivity contribution in [3.8, 4) is 0 Å². The Morgan fingerprint density at radius 2 is 2.33 bits per heavy atom. The van der Waals surface area contributed by atoms with Crippen LogP contribution in [0.15, 0.2) is 6.33 Å². The van der Waals surface area contributed by atoms with E-state index in [0.717, 1.165) is 50.2 Å². The lowest BCUT2D eigenvalue weighted by molar-refractivity contribution is 0.115. The largest absolute Gasteiger partial charge is 0.293 e. The van der Waals surface area contributed by atoms with E-state index in [1.54, 1.807) is 6.33 Å². The van der Waals surface area contributed by atoms with E-state index in [4.69, 9.17) is 11.6 Å². The first-order valence-electron chi connectivity index (χ1n) is 7.01. The summed E-state index contributed by atoms with van der Waals surface area (Å²) in [5.41, 5.74) is 0. The van der Waals surface area contributed by atoms with Gasteiger partial charge in [0, 0.05) is 25.0 Å². The maximum Gasteiger partial charge on any atom is 0.141 e. The third kappa shape index (κ3) is 3.45. The Labute approximate surface area is 114 Å². The summed E-state index contributed by atoms with van der Waals surface area (Å²) in [6.45, 7) is 5.13. The summed E-state index contributed by atoms with van der Waals surface area (Å²) in [5.74, 6) is 1.84. The van der Waals surface area contributed by atoms with Crippen molar-refractivity contribution in [3.63, 3.8) is 0 Å². The molecule has 0 amide bonds. The molecule has 18 heavy (non-hydrogen) atoms. The highest BCUT2D eigenvalue weighted by Gasteiger charge is 2.25. The summed E-state index contributed by atoms with van der Waals surface area (Å²) >= 11 is 5.81. The molecule has 1 heterocycles. The van der Waals surface area contributed by atoms with Crippen LogP contribution in [-0.2, 0) is 13.1 Å². The van der Waals surface area contributed by atoms with Crippen molar-refractivity contribution < 1.29 is 0 Å². The van der Waals surface area contributed by atoms with Crippen LogP contribution in [0.5, 0.6) is 0 Å². The molecule has 0 radical (unpaired) electrons. The first-order chi connectivity index (χ1) is 8.85. The molecule has 102 valence electrons. The van der Waals surface area contributed by atoms with Crippen LogP contribution in [-0.4, -0.2) is 38.1 Å². The van der Waals surface area contributed by atoms with Gasteiger partial charge < -0.3 is 0 Å². The van der Waals surface area contributed by atoms with E-state index in [-0.39, 0.29) is 0 Å². The van der Waals surface area contributed by atoms with Gasteiger partial charge in [-0.2, -0.15) is 5.10 Å². The fraction of sp³-hybridized carbons (Fsp3) is 0.846. The predicted octanol–water partition coefficient (Wildman–Crippen LogP) is 2.67. The van der Waals surface area contributed by atoms with Gasteiger partial charge in [-0.25, -0.2) is 9.67 Å². The van der Waals surface area contributed by atoms with Gasteiger partial charge in [-0.1, -0.05) is 13.3 Å². The van der Waals surface area contributed by atoms with Crippen LogP contribution in [0.3, 0.4) is 0 Å². The quantitative estimate of drug-likeness (QED) is 0.681. The zero-order valence-corrected chi connectivity index (χ0v) is 11.9. The Morgan fingerprint density at radius 3 is 2.94 bits per heavy atom. The van der Waals surface area contributed by atoms with E-state index in [1.807, 2.05) is 4.68 Å². The first-order valence-corrected chi connectivity index (χ1v) is 7.55. The van der Waals surface area contributed by atoms with Crippen molar-refractivity contribution in [2.45, 2.75) is 58.2 Å². The van der Waals surface area contributed by atoms with Crippen LogP contribution < -0.4 is 0 Å². The lowest BCUT2D eigenvalue weighted by Gasteiger charge is -2.37. The monoisotopic (exact) mass is 270 g/mol. The summed E-state index contributed by atoms with van der Waals surface area (Å²) in [6.07, 6.45) is 7.84. The minimum absolute atomic E-state index is 0.736. The second-order valence-electron chi connectivity index (χ2n) is 5.00. The molecule has 4 nitrogen and oxygen atoms in total. The van der Waals surface area contributed by atoms with E-state index in [2.05, 4.69) is 21.9 Å². The molecule has 0 unspecified atom stereocenters. The van der Waals surface area contributed by atoms with Gasteiger partial charge in [0.15, 0.2) is 0 Å². The lowest BCUT2D eigenvalue weighted by Crippen LogP contribution is -2.41. The molecular formula is C13H23ClN4. The maximum absolute atomic E-state index is 5.81. The highest BCUT2D eigenvalue weighted by molar-refractivity contribution is 6.17. The average Bonchev–Trinajstić information content (AvgIpc) is 2.72. The van der Waals surface area contributed by atoms with Crippen LogP contribution in [0, 0.1) is 0 Å². The molecule has 0 aliphatic heterocycles. The van der Waals surface area contributed by atoms with Gasteiger partial charge in [-0.15, -0.1) is 11.6 Å². The second-order valence-corrected chi connectivity index (χ2v) is 5.38. The van der Waals surface area contributed by atoms with Gasteiger partial charge in [0.1, 0.15) is 12.2 Å². The molecule has 1 aromatic rings. The fourth-order valence-corrected chi connectivity index (χ4v) is 2.52. The molecule has 5 heteroatoms. The zero-order valence-electron chi connectivity index (χ0n) is 11.2. The van der Waals surface area contributed by atoms with Crippen molar-refractivity contribution in [2.75, 3.05) is 12.4 Å². The molecule has 0 saturated heterocycles. The predicted molar refractivity (Wildman–Crippen MR) is 73.7 cm³/mol. The van der Waals surface area contributed by atoms with Gasteiger partial charge >= 0.3 is 0 Å². The Morgan fingerprint density at radius 1 is 1.50 bits per heavy atom. The molecule has 2 rings (SSSR count). The van der Waals surface area contributed by atoms with Crippen molar-refractivity contribution in [2.24, 2.45) is 0 Å². The van der Waals surface area contributed by atoms with Gasteiger partial charge in [-0.05, 0) is 25.7 Å². The Balaban J connectivity index is 1.95. The first kappa shape index (κ1) is 13.8. The fourth-order valence-electron chi connectivity index (χ4n) is 2.40. The Kier molecular flexibility index (Phi) is 5.45. The minimum Gasteiger partial charge on any atom is -0.293 e. The zero-order chi connectivity index (χ0) is 12.8. The lowest BCUT2D eigenvalue weighted by atomic mass is 9.91. The number of halogens is 1. The highest BCUT2D eigenvalue weighted by Crippen LogP contribution is 2.26. The molecule has 0 spiro atoms. The van der Waals surface area contributed by atoms with E-state index < -0.39 is 0 Å². The van der Waals surface area contributed by atoms with Crippen LogP contribution in [0.4, 0.5) is 0 Å². The summed E-state index contributed by atoms with van der Waals surface area (Å²) in [5, 5.41) is 4.30. The van der Waals surface area contributed by atoms with Crippen molar-refractivity contribution in [3.05, 3.63) is 12.2 Å². The van der Waals surface area contributed by atoms with Crippen LogP contribution >= 0.6 is 11.6 Å². The molecule has 1 aliphatic rings. The molecule has 1 saturated carbocycles. The second kappa shape index (κ2) is 7.10. The Hall–Kier alpha value is -0.610. The number of alkyl halides is 1. The standard InChI is InChI=1S/C13H23ClN4/c1-2-8-18-13(15-11-16-18)10-17(9-4-7-14)12-5-3-6-12/h11-12H,2-10H2,1H3. The molecule has 0 N–H and O–H groups in total. The molecule has 0 atom stereocenters. The van der Waals surface area contributed by atoms with E-state index >= 15 is 0 Å². The van der Waals surface area contributed by atoms with Gasteiger partial charge in [0.05, 0.1) is 6.54 Å². The van der Waals surface area contributed by atoms with Crippen LogP contribution in [0.1, 0.15) is 44.9 Å². The third-order valence-corrected chi connectivity index (χ3v) is 3.91. The summed E-state index contributed by atoms with van der Waals surface area (Å²) in [4.78, 5) is 6.93. The topological polar surface area (TPSA) is 34.0 Å². The van der Waals surface area contributed by atoms with Crippen molar-refractivity contribution in [1.82, 2.24) is 19.7 Å². The smallest absolute Gasteiger partial charge is 0.141 e. The van der Waals surface area contributed by atoms with Crippen molar-refractivity contribution >= 4 is 11.6 Å². The normalized spacial score (nSPS) is 16.2. The SMILES string of the molecule is CCCn1ncnc1CN(CCCCl)C1CCC1. The highest BCUT2D eigenvalue weighted by atomic mass is 35.5. The molecule has 1 aromatic heterocycles. The number of hydrogen-bond acceptors (Lipinski definition) is 3. The van der Waals surface area contributed by atoms with Gasteiger partial charge in [0.25, 0.3) is 0 Å². The van der Waals surface area contributed by atoms with Gasteiger partial charge in [0.2, 0.25) is 0 Å². The van der Waals surface area contributed by atoms with E-state index in [9.17, 15) is 0 Å². The molecular weight excluding hydrogens is 248 g/mol. The number of rotatable bonds is 8. The van der Waals surface area contributed by atoms with E-state index in [1.165, 1.54) is 19.3 Å². The summed E-state index contributed by atoms with van der Waals surface area (Å²) in [6, 6.07) is 0.736. The molecule has 1 fully saturated rings. The maximum atomic E-state index is 5.81. The molecule has 0 aromatic carbocycles. The van der Waals surface area contributed by atoms with Crippen LogP contribution in [0.25, 0.3) is 0 Å². The molecule has 1 aliphatic carbocycles. The summed E-state index contributed by atoms with van der Waals surface area (Å²) in [7, 11) is 0. The minimum atomic E-state index is 0.736. The van der Waals surface area contributed by atoms with Crippen LogP contribution in [0.2, 0.25) is 0 Å². The number of aromatic nitrogens is 3.